The lowest BCUT2D eigenvalue weighted by molar-refractivity contribution is -0.113. The van der Waals surface area contributed by atoms with Gasteiger partial charge in [-0.3, -0.25) is 14.3 Å². The quantitative estimate of drug-likeness (QED) is 0.494. The lowest BCUT2D eigenvalue weighted by Gasteiger charge is -2.14. The Hall–Kier alpha value is -2.52. The molecule has 0 spiro atoms. The third-order valence-corrected chi connectivity index (χ3v) is 6.36. The van der Waals surface area contributed by atoms with Gasteiger partial charge >= 0.3 is 5.69 Å². The zero-order valence-corrected chi connectivity index (χ0v) is 17.0. The zero-order valence-electron chi connectivity index (χ0n) is 15.3. The topological polar surface area (TPSA) is 89.8 Å². The predicted octanol–water partition coefficient (Wildman–Crippen LogP) is 2.67. The Labute approximate surface area is 170 Å². The van der Waals surface area contributed by atoms with Crippen molar-refractivity contribution in [1.29, 1.82) is 0 Å². The first kappa shape index (κ1) is 18.8. The standard InChI is InChI=1S/C19H19N5O2S2/c1-12-10-28-18(21-12)22-16(25)11-27-17-14-5-2-6-15(14)24(19(26)23-17)9-13-4-3-7-20-8-13/h3-4,7-8,10H,2,5-6,9,11H2,1H3,(H,21,22,25). The second-order valence-corrected chi connectivity index (χ2v) is 8.38. The van der Waals surface area contributed by atoms with Gasteiger partial charge in [-0.1, -0.05) is 17.8 Å². The number of pyridine rings is 1. The fourth-order valence-corrected chi connectivity index (χ4v) is 4.82. The van der Waals surface area contributed by atoms with Crippen molar-refractivity contribution in [1.82, 2.24) is 19.5 Å². The number of nitrogens with one attached hydrogen (secondary N) is 1. The number of hydrogen-bond donors (Lipinski definition) is 1. The summed E-state index contributed by atoms with van der Waals surface area (Å²) in [6.07, 6.45) is 6.20. The van der Waals surface area contributed by atoms with Crippen LogP contribution < -0.4 is 11.0 Å². The van der Waals surface area contributed by atoms with Crippen LogP contribution in [0.2, 0.25) is 0 Å². The van der Waals surface area contributed by atoms with E-state index in [0.717, 1.165) is 41.8 Å². The summed E-state index contributed by atoms with van der Waals surface area (Å²) >= 11 is 2.72. The number of rotatable bonds is 6. The summed E-state index contributed by atoms with van der Waals surface area (Å²) in [5.41, 5.74) is 3.69. The number of hydrogen-bond acceptors (Lipinski definition) is 7. The lowest BCUT2D eigenvalue weighted by Crippen LogP contribution is -2.28. The summed E-state index contributed by atoms with van der Waals surface area (Å²) in [6, 6.07) is 3.81. The Balaban J connectivity index is 1.51. The molecule has 4 rings (SSSR count). The minimum Gasteiger partial charge on any atom is -0.301 e. The summed E-state index contributed by atoms with van der Waals surface area (Å²) in [7, 11) is 0. The molecule has 1 aliphatic carbocycles. The highest BCUT2D eigenvalue weighted by Crippen LogP contribution is 2.29. The molecule has 1 amide bonds. The molecule has 0 saturated heterocycles. The molecule has 0 aromatic carbocycles. The second-order valence-electron chi connectivity index (χ2n) is 6.56. The van der Waals surface area contributed by atoms with E-state index < -0.39 is 0 Å². The van der Waals surface area contributed by atoms with Crippen LogP contribution in [0.25, 0.3) is 0 Å². The summed E-state index contributed by atoms with van der Waals surface area (Å²) in [4.78, 5) is 37.5. The molecule has 144 valence electrons. The third kappa shape index (κ3) is 4.15. The van der Waals surface area contributed by atoms with Crippen molar-refractivity contribution in [3.05, 3.63) is 62.9 Å². The molecule has 0 radical (unpaired) electrons. The van der Waals surface area contributed by atoms with Gasteiger partial charge in [0.15, 0.2) is 5.13 Å². The number of fused-ring (bicyclic) bond motifs is 1. The van der Waals surface area contributed by atoms with Gasteiger partial charge in [-0.2, -0.15) is 4.98 Å². The Morgan fingerprint density at radius 1 is 1.36 bits per heavy atom. The number of amides is 1. The number of aromatic nitrogens is 4. The summed E-state index contributed by atoms with van der Waals surface area (Å²) in [6.45, 7) is 2.35. The van der Waals surface area contributed by atoms with Crippen molar-refractivity contribution in [3.63, 3.8) is 0 Å². The van der Waals surface area contributed by atoms with Gasteiger partial charge in [0.05, 0.1) is 18.0 Å². The molecule has 28 heavy (non-hydrogen) atoms. The van der Waals surface area contributed by atoms with E-state index in [2.05, 4.69) is 20.3 Å². The molecule has 0 bridgehead atoms. The van der Waals surface area contributed by atoms with Gasteiger partial charge in [-0.25, -0.2) is 9.78 Å². The summed E-state index contributed by atoms with van der Waals surface area (Å²) in [5, 5.41) is 5.94. The van der Waals surface area contributed by atoms with Gasteiger partial charge in [0.1, 0.15) is 5.03 Å². The molecule has 3 heterocycles. The predicted molar refractivity (Wildman–Crippen MR) is 110 cm³/mol. The molecule has 3 aromatic rings. The molecule has 0 fully saturated rings. The van der Waals surface area contributed by atoms with Crippen LogP contribution in [0.3, 0.4) is 0 Å². The maximum Gasteiger partial charge on any atom is 0.349 e. The lowest BCUT2D eigenvalue weighted by atomic mass is 10.2. The Morgan fingerprint density at radius 3 is 3.00 bits per heavy atom. The third-order valence-electron chi connectivity index (χ3n) is 4.47. The van der Waals surface area contributed by atoms with Crippen LogP contribution in [-0.4, -0.2) is 31.2 Å². The van der Waals surface area contributed by atoms with Crippen LogP contribution in [0.15, 0.2) is 39.7 Å². The second kappa shape index (κ2) is 8.24. The highest BCUT2D eigenvalue weighted by Gasteiger charge is 2.22. The van der Waals surface area contributed by atoms with E-state index in [1.165, 1.54) is 23.1 Å². The van der Waals surface area contributed by atoms with E-state index in [0.29, 0.717) is 16.7 Å². The van der Waals surface area contributed by atoms with Gasteiger partial charge in [0.25, 0.3) is 0 Å². The van der Waals surface area contributed by atoms with E-state index in [9.17, 15) is 9.59 Å². The fraction of sp³-hybridized carbons (Fsp3) is 0.316. The maximum atomic E-state index is 12.7. The largest absolute Gasteiger partial charge is 0.349 e. The molecule has 7 nitrogen and oxygen atoms in total. The monoisotopic (exact) mass is 413 g/mol. The van der Waals surface area contributed by atoms with Crippen molar-refractivity contribution in [2.45, 2.75) is 37.8 Å². The first-order chi connectivity index (χ1) is 13.6. The van der Waals surface area contributed by atoms with Gasteiger partial charge in [0.2, 0.25) is 5.91 Å². The minimum atomic E-state index is -0.275. The highest BCUT2D eigenvalue weighted by molar-refractivity contribution is 8.00. The van der Waals surface area contributed by atoms with Gasteiger partial charge in [0, 0.05) is 29.0 Å². The average Bonchev–Trinajstić information content (AvgIpc) is 3.33. The number of thioether (sulfide) groups is 1. The molecule has 0 atom stereocenters. The number of nitrogens with zero attached hydrogens (tertiary/aromatic N) is 4. The Bertz CT molecular complexity index is 1060. The van der Waals surface area contributed by atoms with E-state index in [1.807, 2.05) is 24.4 Å². The minimum absolute atomic E-state index is 0.146. The molecule has 1 N–H and O–H groups in total. The molecule has 0 saturated carbocycles. The van der Waals surface area contributed by atoms with Gasteiger partial charge in [-0.15, -0.1) is 11.3 Å². The smallest absolute Gasteiger partial charge is 0.301 e. The Morgan fingerprint density at radius 2 is 2.25 bits per heavy atom. The molecule has 1 aliphatic rings. The number of carbonyl (C=O) groups excluding carboxylic acids is 1. The van der Waals surface area contributed by atoms with Gasteiger partial charge < -0.3 is 5.32 Å². The number of aryl methyl sites for hydroxylation is 1. The van der Waals surface area contributed by atoms with Crippen molar-refractivity contribution >= 4 is 34.1 Å². The summed E-state index contributed by atoms with van der Waals surface area (Å²) < 4.78 is 1.74. The van der Waals surface area contributed by atoms with E-state index in [-0.39, 0.29) is 17.3 Å². The number of carbonyl (C=O) groups is 1. The zero-order chi connectivity index (χ0) is 19.5. The van der Waals surface area contributed by atoms with Crippen molar-refractivity contribution in [2.75, 3.05) is 11.1 Å². The average molecular weight is 414 g/mol. The van der Waals surface area contributed by atoms with Crippen LogP contribution in [0, 0.1) is 6.92 Å². The van der Waals surface area contributed by atoms with E-state index in [4.69, 9.17) is 0 Å². The first-order valence-corrected chi connectivity index (χ1v) is 10.8. The van der Waals surface area contributed by atoms with E-state index >= 15 is 0 Å². The molecule has 0 aliphatic heterocycles. The maximum absolute atomic E-state index is 12.7. The Kier molecular flexibility index (Phi) is 5.54. The molecule has 9 heteroatoms. The first-order valence-electron chi connectivity index (χ1n) is 8.96. The van der Waals surface area contributed by atoms with Crippen molar-refractivity contribution in [2.24, 2.45) is 0 Å². The van der Waals surface area contributed by atoms with E-state index in [1.54, 1.807) is 17.0 Å². The van der Waals surface area contributed by atoms with Crippen LogP contribution in [0.1, 0.15) is 28.9 Å². The molecule has 0 unspecified atom stereocenters. The number of thiazole rings is 1. The fourth-order valence-electron chi connectivity index (χ4n) is 3.24. The molecule has 3 aromatic heterocycles. The SMILES string of the molecule is Cc1csc(NC(=O)CSc2nc(=O)n(Cc3cccnc3)c3c2CCC3)n1. The van der Waals surface area contributed by atoms with Crippen LogP contribution in [0.5, 0.6) is 0 Å². The summed E-state index contributed by atoms with van der Waals surface area (Å²) in [5.74, 6) is 0.0526. The van der Waals surface area contributed by atoms with Crippen LogP contribution in [0.4, 0.5) is 5.13 Å². The van der Waals surface area contributed by atoms with Crippen LogP contribution >= 0.6 is 23.1 Å². The highest BCUT2D eigenvalue weighted by atomic mass is 32.2. The van der Waals surface area contributed by atoms with Crippen LogP contribution in [-0.2, 0) is 24.2 Å². The van der Waals surface area contributed by atoms with Gasteiger partial charge in [-0.05, 0) is 37.8 Å². The van der Waals surface area contributed by atoms with Crippen molar-refractivity contribution in [3.8, 4) is 0 Å². The molecular formula is C19H19N5O2S2. The normalized spacial score (nSPS) is 12.8. The van der Waals surface area contributed by atoms with Crippen molar-refractivity contribution < 1.29 is 4.79 Å². The molecular weight excluding hydrogens is 394 g/mol. The number of anilines is 1.